The van der Waals surface area contributed by atoms with Gasteiger partial charge in [0.1, 0.15) is 0 Å². The highest BCUT2D eigenvalue weighted by atomic mass is 14.3. The summed E-state index contributed by atoms with van der Waals surface area (Å²) in [5, 5.41) is 0. The number of hydrogen-bond acceptors (Lipinski definition) is 0. The van der Waals surface area contributed by atoms with E-state index in [0.29, 0.717) is 0 Å². The standard InChI is InChI=1S/C23H26/c1-2-6-18(7-3-1)20-10-14-22(15-11-20)23-16-12-21(13-17-23)19-8-4-5-9-19/h1-3,6-7,10-11,14-15,23H,4-5,8-9,12-13,16-17H2. The molecule has 0 nitrogen and oxygen atoms in total. The molecule has 2 aromatic rings. The fourth-order valence-corrected chi connectivity index (χ4v) is 4.39. The van der Waals surface area contributed by atoms with Crippen LogP contribution in [-0.4, -0.2) is 0 Å². The molecule has 118 valence electrons. The molecule has 2 aliphatic carbocycles. The third-order valence-corrected chi connectivity index (χ3v) is 5.79. The largest absolute Gasteiger partial charge is 0.0710 e. The molecule has 0 spiro atoms. The first kappa shape index (κ1) is 14.8. The van der Waals surface area contributed by atoms with Crippen LogP contribution >= 0.6 is 0 Å². The molecule has 2 aliphatic rings. The molecule has 4 rings (SSSR count). The van der Waals surface area contributed by atoms with Gasteiger partial charge in [-0.1, -0.05) is 65.7 Å². The predicted octanol–water partition coefficient (Wildman–Crippen LogP) is 6.88. The van der Waals surface area contributed by atoms with E-state index in [4.69, 9.17) is 0 Å². The number of hydrogen-bond donors (Lipinski definition) is 0. The van der Waals surface area contributed by atoms with Crippen LogP contribution in [0.15, 0.2) is 65.7 Å². The summed E-state index contributed by atoms with van der Waals surface area (Å²) in [6.45, 7) is 0. The van der Waals surface area contributed by atoms with Crippen molar-refractivity contribution in [3.8, 4) is 11.1 Å². The Morgan fingerprint density at radius 3 is 1.78 bits per heavy atom. The molecular formula is C23H26. The van der Waals surface area contributed by atoms with Crippen LogP contribution in [-0.2, 0) is 0 Å². The lowest BCUT2D eigenvalue weighted by Gasteiger charge is -2.26. The number of allylic oxidation sites excluding steroid dienone is 2. The van der Waals surface area contributed by atoms with Gasteiger partial charge in [-0.25, -0.2) is 0 Å². The maximum absolute atomic E-state index is 2.36. The van der Waals surface area contributed by atoms with Crippen molar-refractivity contribution >= 4 is 0 Å². The van der Waals surface area contributed by atoms with E-state index in [2.05, 4.69) is 54.6 Å². The molecule has 2 aromatic carbocycles. The second-order valence-electron chi connectivity index (χ2n) is 7.18. The van der Waals surface area contributed by atoms with E-state index in [1.807, 2.05) is 11.1 Å². The van der Waals surface area contributed by atoms with Crippen LogP contribution in [0.3, 0.4) is 0 Å². The van der Waals surface area contributed by atoms with Crippen molar-refractivity contribution in [1.29, 1.82) is 0 Å². The van der Waals surface area contributed by atoms with Crippen molar-refractivity contribution in [3.63, 3.8) is 0 Å². The van der Waals surface area contributed by atoms with Crippen molar-refractivity contribution < 1.29 is 0 Å². The van der Waals surface area contributed by atoms with E-state index >= 15 is 0 Å². The van der Waals surface area contributed by atoms with E-state index in [9.17, 15) is 0 Å². The molecule has 2 fully saturated rings. The van der Waals surface area contributed by atoms with E-state index in [1.165, 1.54) is 62.5 Å². The Balaban J connectivity index is 1.44. The van der Waals surface area contributed by atoms with Gasteiger partial charge in [0.25, 0.3) is 0 Å². The first-order valence-corrected chi connectivity index (χ1v) is 9.25. The highest BCUT2D eigenvalue weighted by Crippen LogP contribution is 2.40. The van der Waals surface area contributed by atoms with Crippen molar-refractivity contribution in [2.45, 2.75) is 57.3 Å². The van der Waals surface area contributed by atoms with Gasteiger partial charge < -0.3 is 0 Å². The van der Waals surface area contributed by atoms with Gasteiger partial charge in [0.15, 0.2) is 0 Å². The monoisotopic (exact) mass is 302 g/mol. The van der Waals surface area contributed by atoms with Crippen LogP contribution in [0, 0.1) is 0 Å². The van der Waals surface area contributed by atoms with Gasteiger partial charge in [-0.2, -0.15) is 0 Å². The Labute approximate surface area is 140 Å². The van der Waals surface area contributed by atoms with Crippen LogP contribution in [0.2, 0.25) is 0 Å². The summed E-state index contributed by atoms with van der Waals surface area (Å²) in [4.78, 5) is 0. The van der Waals surface area contributed by atoms with Crippen molar-refractivity contribution in [2.24, 2.45) is 0 Å². The lowest BCUT2D eigenvalue weighted by atomic mass is 9.79. The highest BCUT2D eigenvalue weighted by Gasteiger charge is 2.21. The van der Waals surface area contributed by atoms with E-state index in [-0.39, 0.29) is 0 Å². The molecule has 0 aromatic heterocycles. The molecule has 2 saturated carbocycles. The highest BCUT2D eigenvalue weighted by molar-refractivity contribution is 5.63. The second kappa shape index (κ2) is 6.74. The van der Waals surface area contributed by atoms with Crippen LogP contribution < -0.4 is 0 Å². The zero-order valence-electron chi connectivity index (χ0n) is 13.9. The SMILES string of the molecule is c1ccc(-c2ccc(C3CCC(=C4CCCC4)CC3)cc2)cc1. The molecule has 0 unspecified atom stereocenters. The second-order valence-corrected chi connectivity index (χ2v) is 7.18. The minimum absolute atomic E-state index is 0.769. The van der Waals surface area contributed by atoms with E-state index in [1.54, 1.807) is 5.56 Å². The Morgan fingerprint density at radius 1 is 0.565 bits per heavy atom. The molecule has 0 heteroatoms. The summed E-state index contributed by atoms with van der Waals surface area (Å²) < 4.78 is 0. The summed E-state index contributed by atoms with van der Waals surface area (Å²) in [6, 6.07) is 20.0. The number of rotatable bonds is 2. The Hall–Kier alpha value is -1.82. The quantitative estimate of drug-likeness (QED) is 0.530. The van der Waals surface area contributed by atoms with E-state index in [0.717, 1.165) is 5.92 Å². The fourth-order valence-electron chi connectivity index (χ4n) is 4.39. The van der Waals surface area contributed by atoms with Crippen LogP contribution in [0.25, 0.3) is 11.1 Å². The summed E-state index contributed by atoms with van der Waals surface area (Å²) in [7, 11) is 0. The van der Waals surface area contributed by atoms with Gasteiger partial charge in [-0.3, -0.25) is 0 Å². The first-order chi connectivity index (χ1) is 11.4. The number of benzene rings is 2. The van der Waals surface area contributed by atoms with Gasteiger partial charge in [0.05, 0.1) is 0 Å². The Kier molecular flexibility index (Phi) is 4.33. The lowest BCUT2D eigenvalue weighted by Crippen LogP contribution is -2.07. The summed E-state index contributed by atoms with van der Waals surface area (Å²) >= 11 is 0. The molecule has 23 heavy (non-hydrogen) atoms. The third kappa shape index (κ3) is 3.27. The summed E-state index contributed by atoms with van der Waals surface area (Å²) in [5.41, 5.74) is 7.83. The van der Waals surface area contributed by atoms with Gasteiger partial charge in [-0.05, 0) is 74.0 Å². The molecule has 0 amide bonds. The van der Waals surface area contributed by atoms with Crippen molar-refractivity contribution in [2.75, 3.05) is 0 Å². The van der Waals surface area contributed by atoms with Crippen molar-refractivity contribution in [1.82, 2.24) is 0 Å². The molecule has 0 heterocycles. The molecule has 0 atom stereocenters. The van der Waals surface area contributed by atoms with Crippen LogP contribution in [0.4, 0.5) is 0 Å². The first-order valence-electron chi connectivity index (χ1n) is 9.25. The van der Waals surface area contributed by atoms with Gasteiger partial charge in [0.2, 0.25) is 0 Å². The smallest absolute Gasteiger partial charge is 0.0156 e. The predicted molar refractivity (Wildman–Crippen MR) is 98.6 cm³/mol. The molecule has 0 saturated heterocycles. The average Bonchev–Trinajstić information content (AvgIpc) is 3.18. The topological polar surface area (TPSA) is 0 Å². The van der Waals surface area contributed by atoms with Gasteiger partial charge >= 0.3 is 0 Å². The molecular weight excluding hydrogens is 276 g/mol. The minimum atomic E-state index is 0.769. The maximum atomic E-state index is 2.36. The molecule has 0 bridgehead atoms. The van der Waals surface area contributed by atoms with Gasteiger partial charge in [0, 0.05) is 0 Å². The normalized spacial score (nSPS) is 21.7. The summed E-state index contributed by atoms with van der Waals surface area (Å²) in [6.07, 6.45) is 11.1. The zero-order valence-corrected chi connectivity index (χ0v) is 13.9. The Bertz CT molecular complexity index is 658. The molecule has 0 radical (unpaired) electrons. The minimum Gasteiger partial charge on any atom is -0.0710 e. The average molecular weight is 302 g/mol. The fraction of sp³-hybridized carbons (Fsp3) is 0.391. The van der Waals surface area contributed by atoms with Crippen LogP contribution in [0.1, 0.15) is 62.8 Å². The van der Waals surface area contributed by atoms with Gasteiger partial charge in [-0.15, -0.1) is 0 Å². The van der Waals surface area contributed by atoms with E-state index < -0.39 is 0 Å². The molecule has 0 aliphatic heterocycles. The Morgan fingerprint density at radius 2 is 1.13 bits per heavy atom. The van der Waals surface area contributed by atoms with Crippen LogP contribution in [0.5, 0.6) is 0 Å². The zero-order chi connectivity index (χ0) is 15.5. The lowest BCUT2D eigenvalue weighted by molar-refractivity contribution is 0.511. The molecule has 0 N–H and O–H groups in total. The van der Waals surface area contributed by atoms with Crippen molar-refractivity contribution in [3.05, 3.63) is 71.3 Å². The maximum Gasteiger partial charge on any atom is -0.0156 e. The summed E-state index contributed by atoms with van der Waals surface area (Å²) in [5.74, 6) is 0.769. The third-order valence-electron chi connectivity index (χ3n) is 5.79.